The highest BCUT2D eigenvalue weighted by Crippen LogP contribution is 2.18. The summed E-state index contributed by atoms with van der Waals surface area (Å²) in [6.07, 6.45) is -2.38. The molecule has 0 saturated carbocycles. The summed E-state index contributed by atoms with van der Waals surface area (Å²) in [5.74, 6) is -0.407. The number of rotatable bonds is 6. The Morgan fingerprint density at radius 3 is 2.29 bits per heavy atom. The number of alkyl halides is 2. The summed E-state index contributed by atoms with van der Waals surface area (Å²) >= 11 is 0. The van der Waals surface area contributed by atoms with Gasteiger partial charge in [-0.15, -0.1) is 0 Å². The Balaban J connectivity index is 1.67. The minimum absolute atomic E-state index is 0.194. The van der Waals surface area contributed by atoms with Crippen molar-refractivity contribution in [2.24, 2.45) is 0 Å². The van der Waals surface area contributed by atoms with E-state index in [0.717, 1.165) is 0 Å². The van der Waals surface area contributed by atoms with E-state index in [1.807, 2.05) is 0 Å². The number of carbonyl (C=O) groups excluding carboxylic acids is 1. The lowest BCUT2D eigenvalue weighted by Gasteiger charge is -2.34. The molecule has 0 radical (unpaired) electrons. The van der Waals surface area contributed by atoms with Crippen LogP contribution in [0.2, 0.25) is 0 Å². The Morgan fingerprint density at radius 2 is 1.64 bits per heavy atom. The number of halogens is 2. The van der Waals surface area contributed by atoms with Gasteiger partial charge in [0.15, 0.2) is 9.84 Å². The SMILES string of the molecule is O=C(c1cccc(CS(=O)(=O)c2ccccc2)c1)N1CCN(CC(F)F)CC1. The lowest BCUT2D eigenvalue weighted by atomic mass is 10.1. The van der Waals surface area contributed by atoms with Crippen LogP contribution in [0, 0.1) is 0 Å². The maximum absolute atomic E-state index is 12.7. The summed E-state index contributed by atoms with van der Waals surface area (Å²) in [5, 5.41) is 0. The third-order valence-corrected chi connectivity index (χ3v) is 6.39. The molecule has 0 bridgehead atoms. The minimum Gasteiger partial charge on any atom is -0.336 e. The molecule has 0 N–H and O–H groups in total. The Kier molecular flexibility index (Phi) is 6.41. The summed E-state index contributed by atoms with van der Waals surface area (Å²) in [6.45, 7) is 1.27. The molecule has 1 amide bonds. The van der Waals surface area contributed by atoms with Crippen molar-refractivity contribution >= 4 is 15.7 Å². The van der Waals surface area contributed by atoms with E-state index in [1.165, 1.54) is 0 Å². The van der Waals surface area contributed by atoms with E-state index in [2.05, 4.69) is 0 Å². The van der Waals surface area contributed by atoms with Gasteiger partial charge >= 0.3 is 0 Å². The van der Waals surface area contributed by atoms with E-state index in [9.17, 15) is 22.0 Å². The highest BCUT2D eigenvalue weighted by atomic mass is 32.2. The van der Waals surface area contributed by atoms with Gasteiger partial charge in [-0.05, 0) is 29.8 Å². The molecule has 0 spiro atoms. The number of piperazine rings is 1. The van der Waals surface area contributed by atoms with Crippen molar-refractivity contribution in [3.63, 3.8) is 0 Å². The van der Waals surface area contributed by atoms with Crippen molar-refractivity contribution < 1.29 is 22.0 Å². The second-order valence-corrected chi connectivity index (χ2v) is 8.75. The lowest BCUT2D eigenvalue weighted by molar-refractivity contribution is 0.0459. The summed E-state index contributed by atoms with van der Waals surface area (Å²) in [5.41, 5.74) is 0.939. The van der Waals surface area contributed by atoms with Crippen molar-refractivity contribution in [1.29, 1.82) is 0 Å². The van der Waals surface area contributed by atoms with Crippen LogP contribution >= 0.6 is 0 Å². The maximum Gasteiger partial charge on any atom is 0.253 e. The predicted octanol–water partition coefficient (Wildman–Crippen LogP) is 2.68. The largest absolute Gasteiger partial charge is 0.336 e. The van der Waals surface area contributed by atoms with E-state index in [-0.39, 0.29) is 23.1 Å². The first kappa shape index (κ1) is 20.4. The van der Waals surface area contributed by atoms with Gasteiger partial charge in [0, 0.05) is 31.7 Å². The normalized spacial score (nSPS) is 15.8. The van der Waals surface area contributed by atoms with Gasteiger partial charge in [-0.2, -0.15) is 0 Å². The number of sulfone groups is 1. The highest BCUT2D eigenvalue weighted by molar-refractivity contribution is 7.90. The zero-order chi connectivity index (χ0) is 20.1. The van der Waals surface area contributed by atoms with Crippen molar-refractivity contribution in [3.8, 4) is 0 Å². The second kappa shape index (κ2) is 8.79. The van der Waals surface area contributed by atoms with Gasteiger partial charge in [-0.3, -0.25) is 9.69 Å². The topological polar surface area (TPSA) is 57.7 Å². The molecule has 8 heteroatoms. The smallest absolute Gasteiger partial charge is 0.253 e. The summed E-state index contributed by atoms with van der Waals surface area (Å²) < 4.78 is 50.0. The van der Waals surface area contributed by atoms with Gasteiger partial charge in [0.25, 0.3) is 12.3 Å². The van der Waals surface area contributed by atoms with Crippen LogP contribution in [0.15, 0.2) is 59.5 Å². The van der Waals surface area contributed by atoms with Crippen molar-refractivity contribution in [2.45, 2.75) is 17.1 Å². The number of nitrogens with zero attached hydrogens (tertiary/aromatic N) is 2. The standard InChI is InChI=1S/C20H22F2N2O3S/c21-19(22)14-23-9-11-24(12-10-23)20(25)17-6-4-5-16(13-17)15-28(26,27)18-7-2-1-3-8-18/h1-8,13,19H,9-12,14-15H2. The van der Waals surface area contributed by atoms with Crippen LogP contribution in [0.5, 0.6) is 0 Å². The monoisotopic (exact) mass is 408 g/mol. The molecule has 1 aliphatic heterocycles. The lowest BCUT2D eigenvalue weighted by Crippen LogP contribution is -2.49. The second-order valence-electron chi connectivity index (χ2n) is 6.76. The molecule has 2 aromatic carbocycles. The zero-order valence-corrected chi connectivity index (χ0v) is 16.1. The van der Waals surface area contributed by atoms with Gasteiger partial charge in [-0.25, -0.2) is 17.2 Å². The molecule has 150 valence electrons. The fourth-order valence-corrected chi connectivity index (χ4v) is 4.59. The summed E-state index contributed by atoms with van der Waals surface area (Å²) in [7, 11) is -3.50. The quantitative estimate of drug-likeness (QED) is 0.738. The maximum atomic E-state index is 12.7. The molecule has 0 atom stereocenters. The number of hydrogen-bond acceptors (Lipinski definition) is 4. The first-order chi connectivity index (χ1) is 13.3. The van der Waals surface area contributed by atoms with E-state index >= 15 is 0 Å². The molecule has 28 heavy (non-hydrogen) atoms. The van der Waals surface area contributed by atoms with E-state index < -0.39 is 16.3 Å². The van der Waals surface area contributed by atoms with Crippen LogP contribution < -0.4 is 0 Å². The molecule has 0 aromatic heterocycles. The van der Waals surface area contributed by atoms with Crippen molar-refractivity contribution in [1.82, 2.24) is 9.80 Å². The first-order valence-electron chi connectivity index (χ1n) is 9.02. The number of hydrogen-bond donors (Lipinski definition) is 0. The zero-order valence-electron chi connectivity index (χ0n) is 15.3. The molecular weight excluding hydrogens is 386 g/mol. The Bertz CT molecular complexity index is 912. The Labute approximate surface area is 163 Å². The molecule has 1 saturated heterocycles. The highest BCUT2D eigenvalue weighted by Gasteiger charge is 2.24. The number of amides is 1. The molecule has 5 nitrogen and oxygen atoms in total. The van der Waals surface area contributed by atoms with Crippen LogP contribution in [0.25, 0.3) is 0 Å². The fourth-order valence-electron chi connectivity index (χ4n) is 3.24. The van der Waals surface area contributed by atoms with Crippen LogP contribution in [0.3, 0.4) is 0 Å². The third kappa shape index (κ3) is 5.14. The number of carbonyl (C=O) groups is 1. The molecular formula is C20H22F2N2O3S. The van der Waals surface area contributed by atoms with Gasteiger partial charge < -0.3 is 4.90 Å². The summed E-state index contributed by atoms with van der Waals surface area (Å²) in [6, 6.07) is 14.8. The van der Waals surface area contributed by atoms with Gasteiger partial charge in [-0.1, -0.05) is 30.3 Å². The van der Waals surface area contributed by atoms with E-state index in [1.54, 1.807) is 64.4 Å². The molecule has 0 aliphatic carbocycles. The molecule has 1 fully saturated rings. The average Bonchev–Trinajstić information content (AvgIpc) is 2.68. The number of benzene rings is 2. The van der Waals surface area contributed by atoms with Crippen LogP contribution in [0.4, 0.5) is 8.78 Å². The van der Waals surface area contributed by atoms with Gasteiger partial charge in [0.05, 0.1) is 17.2 Å². The van der Waals surface area contributed by atoms with E-state index in [4.69, 9.17) is 0 Å². The molecule has 0 unspecified atom stereocenters. The van der Waals surface area contributed by atoms with Crippen molar-refractivity contribution in [3.05, 3.63) is 65.7 Å². The first-order valence-corrected chi connectivity index (χ1v) is 10.7. The van der Waals surface area contributed by atoms with Crippen LogP contribution in [-0.2, 0) is 15.6 Å². The Hall–Kier alpha value is -2.32. The van der Waals surface area contributed by atoms with Crippen LogP contribution in [0.1, 0.15) is 15.9 Å². The van der Waals surface area contributed by atoms with Crippen LogP contribution in [-0.4, -0.2) is 63.3 Å². The fraction of sp³-hybridized carbons (Fsp3) is 0.350. The van der Waals surface area contributed by atoms with E-state index in [0.29, 0.717) is 37.3 Å². The van der Waals surface area contributed by atoms with Gasteiger partial charge in [0.1, 0.15) is 0 Å². The van der Waals surface area contributed by atoms with Crippen molar-refractivity contribution in [2.75, 3.05) is 32.7 Å². The van der Waals surface area contributed by atoms with Gasteiger partial charge in [0.2, 0.25) is 0 Å². The molecule has 1 aliphatic rings. The Morgan fingerprint density at radius 1 is 0.964 bits per heavy atom. The molecule has 2 aromatic rings. The molecule has 3 rings (SSSR count). The average molecular weight is 408 g/mol. The summed E-state index contributed by atoms with van der Waals surface area (Å²) in [4.78, 5) is 16.2. The molecule has 1 heterocycles. The third-order valence-electron chi connectivity index (χ3n) is 4.69. The predicted molar refractivity (Wildman–Crippen MR) is 102 cm³/mol. The minimum atomic E-state index is -3.50.